The molecule has 0 unspecified atom stereocenters. The Morgan fingerprint density at radius 1 is 0.824 bits per heavy atom. The van der Waals surface area contributed by atoms with Gasteiger partial charge in [0.15, 0.2) is 0 Å². The summed E-state index contributed by atoms with van der Waals surface area (Å²) in [5.41, 5.74) is 1.67. The maximum atomic E-state index is 12.4. The van der Waals surface area contributed by atoms with E-state index in [1.807, 2.05) is 62.4 Å². The molecule has 0 aliphatic heterocycles. The third-order valence-corrected chi connectivity index (χ3v) is 4.82. The Hall–Kier alpha value is -4.46. The Balaban J connectivity index is 1.26. The second kappa shape index (κ2) is 10.9. The smallest absolute Gasteiger partial charge is 0.251 e. The molecule has 2 heterocycles. The van der Waals surface area contributed by atoms with Gasteiger partial charge in [0.05, 0.1) is 0 Å². The fourth-order valence-electron chi connectivity index (χ4n) is 3.23. The molecule has 0 aliphatic carbocycles. The molecule has 0 spiro atoms. The van der Waals surface area contributed by atoms with Crippen molar-refractivity contribution in [3.63, 3.8) is 0 Å². The Bertz CT molecular complexity index is 1250. The minimum Gasteiger partial charge on any atom is -0.457 e. The van der Waals surface area contributed by atoms with E-state index in [0.29, 0.717) is 41.9 Å². The monoisotopic (exact) mass is 454 g/mol. The highest BCUT2D eigenvalue weighted by Gasteiger charge is 2.07. The van der Waals surface area contributed by atoms with Crippen LogP contribution >= 0.6 is 0 Å². The van der Waals surface area contributed by atoms with E-state index in [-0.39, 0.29) is 5.91 Å². The third-order valence-electron chi connectivity index (χ3n) is 4.82. The van der Waals surface area contributed by atoms with Crippen molar-refractivity contribution in [2.24, 2.45) is 0 Å². The van der Waals surface area contributed by atoms with Gasteiger partial charge in [-0.15, -0.1) is 0 Å². The zero-order chi connectivity index (χ0) is 23.8. The standard InChI is InChI=1S/C26H26N6O2/c1-18-12-13-27-23(16-18)32-25-17-24(30-19(2)31-25)28-14-15-29-26(33)20-8-10-22(11-9-20)34-21-6-4-3-5-7-21/h3-13,16-17H,14-15H2,1-2H3,(H,29,33)(H2,27,28,30,31,32). The molecule has 4 aromatic rings. The first-order valence-corrected chi connectivity index (χ1v) is 11.0. The van der Waals surface area contributed by atoms with Crippen molar-refractivity contribution in [2.75, 3.05) is 23.7 Å². The average molecular weight is 455 g/mol. The summed E-state index contributed by atoms with van der Waals surface area (Å²) in [5, 5.41) is 9.32. The number of aromatic nitrogens is 3. The lowest BCUT2D eigenvalue weighted by atomic mass is 10.2. The van der Waals surface area contributed by atoms with Crippen LogP contribution in [0.2, 0.25) is 0 Å². The van der Waals surface area contributed by atoms with E-state index in [1.165, 1.54) is 0 Å². The molecule has 0 fully saturated rings. The quantitative estimate of drug-likeness (QED) is 0.310. The molecule has 4 rings (SSSR count). The molecule has 172 valence electrons. The average Bonchev–Trinajstić information content (AvgIpc) is 2.82. The summed E-state index contributed by atoms with van der Waals surface area (Å²) in [6, 6.07) is 22.2. The molecule has 0 saturated carbocycles. The Morgan fingerprint density at radius 2 is 1.56 bits per heavy atom. The molecule has 2 aromatic carbocycles. The van der Waals surface area contributed by atoms with Crippen molar-refractivity contribution in [3.05, 3.63) is 95.9 Å². The topological polar surface area (TPSA) is 101 Å². The third kappa shape index (κ3) is 6.52. The van der Waals surface area contributed by atoms with Crippen LogP contribution in [-0.2, 0) is 0 Å². The van der Waals surface area contributed by atoms with Gasteiger partial charge >= 0.3 is 0 Å². The number of hydrogen-bond acceptors (Lipinski definition) is 7. The van der Waals surface area contributed by atoms with Crippen molar-refractivity contribution in [3.8, 4) is 11.5 Å². The van der Waals surface area contributed by atoms with Crippen LogP contribution in [0, 0.1) is 13.8 Å². The number of benzene rings is 2. The number of aryl methyl sites for hydroxylation is 2. The summed E-state index contributed by atoms with van der Waals surface area (Å²) >= 11 is 0. The number of nitrogens with zero attached hydrogens (tertiary/aromatic N) is 3. The summed E-state index contributed by atoms with van der Waals surface area (Å²) in [6.45, 7) is 4.78. The number of rotatable bonds is 9. The summed E-state index contributed by atoms with van der Waals surface area (Å²) in [7, 11) is 0. The van der Waals surface area contributed by atoms with Gasteiger partial charge in [-0.1, -0.05) is 18.2 Å². The number of para-hydroxylation sites is 1. The van der Waals surface area contributed by atoms with Gasteiger partial charge in [-0.3, -0.25) is 4.79 Å². The van der Waals surface area contributed by atoms with E-state index in [9.17, 15) is 4.79 Å². The van der Waals surface area contributed by atoms with Crippen molar-refractivity contribution in [2.45, 2.75) is 13.8 Å². The molecule has 3 N–H and O–H groups in total. The number of hydrogen-bond donors (Lipinski definition) is 3. The maximum absolute atomic E-state index is 12.4. The molecule has 0 aliphatic rings. The number of carbonyl (C=O) groups is 1. The minimum atomic E-state index is -0.153. The zero-order valence-electron chi connectivity index (χ0n) is 19.1. The molecular weight excluding hydrogens is 428 g/mol. The SMILES string of the molecule is Cc1ccnc(Nc2cc(NCCNC(=O)c3ccc(Oc4ccccc4)cc3)nc(C)n2)c1. The normalized spacial score (nSPS) is 10.4. The predicted molar refractivity (Wildman–Crippen MR) is 133 cm³/mol. The van der Waals surface area contributed by atoms with Crippen molar-refractivity contribution < 1.29 is 9.53 Å². The Morgan fingerprint density at radius 3 is 2.32 bits per heavy atom. The molecule has 8 nitrogen and oxygen atoms in total. The van der Waals surface area contributed by atoms with Crippen molar-refractivity contribution >= 4 is 23.4 Å². The lowest BCUT2D eigenvalue weighted by molar-refractivity contribution is 0.0955. The van der Waals surface area contributed by atoms with Crippen LogP contribution in [0.4, 0.5) is 17.5 Å². The largest absolute Gasteiger partial charge is 0.457 e. The van der Waals surface area contributed by atoms with Gasteiger partial charge in [0.25, 0.3) is 5.91 Å². The van der Waals surface area contributed by atoms with E-state index >= 15 is 0 Å². The first kappa shape index (κ1) is 22.7. The molecule has 1 amide bonds. The number of ether oxygens (including phenoxy) is 1. The van der Waals surface area contributed by atoms with Gasteiger partial charge in [0, 0.05) is 30.9 Å². The first-order valence-electron chi connectivity index (χ1n) is 11.0. The van der Waals surface area contributed by atoms with E-state index in [2.05, 4.69) is 30.9 Å². The molecular formula is C26H26N6O2. The van der Waals surface area contributed by atoms with Crippen molar-refractivity contribution in [1.29, 1.82) is 0 Å². The van der Waals surface area contributed by atoms with Crippen LogP contribution in [0.3, 0.4) is 0 Å². The van der Waals surface area contributed by atoms with Gasteiger partial charge in [0.2, 0.25) is 0 Å². The fourth-order valence-corrected chi connectivity index (χ4v) is 3.23. The molecule has 8 heteroatoms. The predicted octanol–water partition coefficient (Wildman–Crippen LogP) is 4.87. The summed E-state index contributed by atoms with van der Waals surface area (Å²) in [5.74, 6) is 3.93. The summed E-state index contributed by atoms with van der Waals surface area (Å²) in [4.78, 5) is 25.5. The van der Waals surface area contributed by atoms with E-state index < -0.39 is 0 Å². The Kier molecular flexibility index (Phi) is 7.29. The minimum absolute atomic E-state index is 0.153. The fraction of sp³-hybridized carbons (Fsp3) is 0.154. The summed E-state index contributed by atoms with van der Waals surface area (Å²) < 4.78 is 5.76. The van der Waals surface area contributed by atoms with Crippen LogP contribution in [0.1, 0.15) is 21.7 Å². The molecule has 0 atom stereocenters. The highest BCUT2D eigenvalue weighted by molar-refractivity contribution is 5.94. The van der Waals surface area contributed by atoms with Crippen LogP contribution in [0.15, 0.2) is 79.0 Å². The van der Waals surface area contributed by atoms with Crippen molar-refractivity contribution in [1.82, 2.24) is 20.3 Å². The highest BCUT2D eigenvalue weighted by atomic mass is 16.5. The lowest BCUT2D eigenvalue weighted by Crippen LogP contribution is -2.28. The van der Waals surface area contributed by atoms with Gasteiger partial charge in [-0.05, 0) is 67.9 Å². The van der Waals surface area contributed by atoms with Crippen LogP contribution in [0.5, 0.6) is 11.5 Å². The second-order valence-electron chi connectivity index (χ2n) is 7.65. The van der Waals surface area contributed by atoms with Gasteiger partial charge < -0.3 is 20.7 Å². The van der Waals surface area contributed by atoms with Crippen LogP contribution in [-0.4, -0.2) is 33.9 Å². The molecule has 34 heavy (non-hydrogen) atoms. The number of pyridine rings is 1. The number of carbonyl (C=O) groups excluding carboxylic acids is 1. The van der Waals surface area contributed by atoms with Crippen LogP contribution < -0.4 is 20.7 Å². The number of anilines is 3. The van der Waals surface area contributed by atoms with Gasteiger partial charge in [-0.2, -0.15) is 0 Å². The van der Waals surface area contributed by atoms with Gasteiger partial charge in [0.1, 0.15) is 34.8 Å². The van der Waals surface area contributed by atoms with E-state index in [1.54, 1.807) is 30.5 Å². The Labute approximate surface area is 198 Å². The number of nitrogens with one attached hydrogen (secondary N) is 3. The van der Waals surface area contributed by atoms with E-state index in [4.69, 9.17) is 4.74 Å². The first-order chi connectivity index (χ1) is 16.5. The molecule has 0 bridgehead atoms. The highest BCUT2D eigenvalue weighted by Crippen LogP contribution is 2.21. The molecule has 0 radical (unpaired) electrons. The maximum Gasteiger partial charge on any atom is 0.251 e. The lowest BCUT2D eigenvalue weighted by Gasteiger charge is -2.11. The van der Waals surface area contributed by atoms with E-state index in [0.717, 1.165) is 17.1 Å². The molecule has 0 saturated heterocycles. The van der Waals surface area contributed by atoms with Crippen LogP contribution in [0.25, 0.3) is 0 Å². The van der Waals surface area contributed by atoms with Gasteiger partial charge in [-0.25, -0.2) is 15.0 Å². The molecule has 2 aromatic heterocycles. The summed E-state index contributed by atoms with van der Waals surface area (Å²) in [6.07, 6.45) is 1.75. The second-order valence-corrected chi connectivity index (χ2v) is 7.65. The zero-order valence-corrected chi connectivity index (χ0v) is 19.1. The number of amides is 1.